The van der Waals surface area contributed by atoms with E-state index in [0.29, 0.717) is 6.04 Å². The van der Waals surface area contributed by atoms with E-state index in [0.717, 1.165) is 62.1 Å². The SMILES string of the molecule is OCC[C@H]1CN(Cc2ccc(-c3ccn[nH]3)o2)CCN1Cc1ccco1. The van der Waals surface area contributed by atoms with Crippen molar-refractivity contribution in [3.8, 4) is 11.5 Å². The highest BCUT2D eigenvalue weighted by molar-refractivity contribution is 5.51. The van der Waals surface area contributed by atoms with Crippen LogP contribution in [0.4, 0.5) is 0 Å². The molecule has 26 heavy (non-hydrogen) atoms. The molecular formula is C19H24N4O3. The number of piperazine rings is 1. The molecule has 2 N–H and O–H groups in total. The van der Waals surface area contributed by atoms with Crippen LogP contribution in [0.1, 0.15) is 17.9 Å². The maximum absolute atomic E-state index is 9.45. The summed E-state index contributed by atoms with van der Waals surface area (Å²) in [4.78, 5) is 4.78. The fraction of sp³-hybridized carbons (Fsp3) is 0.421. The normalized spacial score (nSPS) is 19.2. The maximum atomic E-state index is 9.45. The van der Waals surface area contributed by atoms with Gasteiger partial charge in [0, 0.05) is 38.5 Å². The maximum Gasteiger partial charge on any atom is 0.152 e. The lowest BCUT2D eigenvalue weighted by molar-refractivity contribution is 0.0427. The Kier molecular flexibility index (Phi) is 5.19. The number of hydrogen-bond donors (Lipinski definition) is 2. The zero-order chi connectivity index (χ0) is 17.8. The Balaban J connectivity index is 1.38. The molecule has 0 amide bonds. The van der Waals surface area contributed by atoms with Gasteiger partial charge in [0.05, 0.1) is 19.4 Å². The van der Waals surface area contributed by atoms with Crippen LogP contribution < -0.4 is 0 Å². The van der Waals surface area contributed by atoms with Crippen LogP contribution in [0.2, 0.25) is 0 Å². The van der Waals surface area contributed by atoms with Crippen molar-refractivity contribution < 1.29 is 13.9 Å². The van der Waals surface area contributed by atoms with E-state index in [2.05, 4.69) is 20.0 Å². The minimum atomic E-state index is 0.192. The second-order valence-electron chi connectivity index (χ2n) is 6.69. The summed E-state index contributed by atoms with van der Waals surface area (Å²) in [5.74, 6) is 2.72. The van der Waals surface area contributed by atoms with Crippen LogP contribution in [0.25, 0.3) is 11.5 Å². The van der Waals surface area contributed by atoms with Crippen LogP contribution in [-0.2, 0) is 13.1 Å². The first kappa shape index (κ1) is 17.1. The molecule has 0 aliphatic carbocycles. The van der Waals surface area contributed by atoms with Crippen molar-refractivity contribution in [2.45, 2.75) is 25.6 Å². The van der Waals surface area contributed by atoms with E-state index in [-0.39, 0.29) is 6.61 Å². The number of aliphatic hydroxyl groups is 1. The average Bonchev–Trinajstić information content (AvgIpc) is 3.39. The summed E-state index contributed by atoms with van der Waals surface area (Å²) in [5.41, 5.74) is 0.887. The van der Waals surface area contributed by atoms with Crippen LogP contribution in [0.5, 0.6) is 0 Å². The number of furan rings is 2. The molecule has 0 unspecified atom stereocenters. The third-order valence-electron chi connectivity index (χ3n) is 4.90. The molecule has 138 valence electrons. The number of aliphatic hydroxyl groups excluding tert-OH is 1. The van der Waals surface area contributed by atoms with E-state index in [1.807, 2.05) is 30.3 Å². The number of aromatic amines is 1. The predicted octanol–water partition coefficient (Wildman–Crippen LogP) is 2.33. The molecule has 4 rings (SSSR count). The number of nitrogens with zero attached hydrogens (tertiary/aromatic N) is 3. The number of H-pyrrole nitrogens is 1. The standard InChI is InChI=1S/C19H24N4O3/c24-10-6-15-12-22(8-9-23(15)14-16-2-1-11-25-16)13-17-3-4-19(26-17)18-5-7-20-21-18/h1-5,7,11,15,24H,6,8-10,12-14H2,(H,20,21)/t15-/m0/s1. The van der Waals surface area contributed by atoms with E-state index in [4.69, 9.17) is 8.83 Å². The highest BCUT2D eigenvalue weighted by Gasteiger charge is 2.27. The van der Waals surface area contributed by atoms with E-state index in [9.17, 15) is 5.11 Å². The van der Waals surface area contributed by atoms with Gasteiger partial charge in [0.15, 0.2) is 5.76 Å². The second kappa shape index (κ2) is 7.90. The Morgan fingerprint density at radius 3 is 2.88 bits per heavy atom. The molecule has 3 aromatic rings. The molecule has 4 heterocycles. The van der Waals surface area contributed by atoms with Crippen LogP contribution in [0, 0.1) is 0 Å². The summed E-state index contributed by atoms with van der Waals surface area (Å²) in [6.45, 7) is 4.56. The van der Waals surface area contributed by atoms with Gasteiger partial charge in [-0.3, -0.25) is 14.9 Å². The molecule has 1 saturated heterocycles. The molecule has 0 radical (unpaired) electrons. The van der Waals surface area contributed by atoms with Crippen molar-refractivity contribution >= 4 is 0 Å². The minimum absolute atomic E-state index is 0.192. The first-order valence-electron chi connectivity index (χ1n) is 9.00. The highest BCUT2D eigenvalue weighted by Crippen LogP contribution is 2.23. The molecular weight excluding hydrogens is 332 g/mol. The van der Waals surface area contributed by atoms with Gasteiger partial charge in [-0.25, -0.2) is 0 Å². The van der Waals surface area contributed by atoms with Gasteiger partial charge in [0.1, 0.15) is 17.2 Å². The molecule has 7 heteroatoms. The highest BCUT2D eigenvalue weighted by atomic mass is 16.3. The first-order valence-corrected chi connectivity index (χ1v) is 9.00. The number of rotatable bonds is 7. The van der Waals surface area contributed by atoms with Crippen molar-refractivity contribution in [2.24, 2.45) is 0 Å². The number of hydrogen-bond acceptors (Lipinski definition) is 6. The summed E-state index contributed by atoms with van der Waals surface area (Å²) in [5, 5.41) is 16.3. The smallest absolute Gasteiger partial charge is 0.152 e. The molecule has 0 bridgehead atoms. The fourth-order valence-electron chi connectivity index (χ4n) is 3.56. The van der Waals surface area contributed by atoms with Crippen LogP contribution in [0.15, 0.2) is 51.6 Å². The predicted molar refractivity (Wildman–Crippen MR) is 96.2 cm³/mol. The first-order chi connectivity index (χ1) is 12.8. The van der Waals surface area contributed by atoms with Gasteiger partial charge in [0.25, 0.3) is 0 Å². The number of nitrogens with one attached hydrogen (secondary N) is 1. The van der Waals surface area contributed by atoms with E-state index in [1.54, 1.807) is 12.5 Å². The van der Waals surface area contributed by atoms with Gasteiger partial charge in [-0.15, -0.1) is 0 Å². The van der Waals surface area contributed by atoms with Gasteiger partial charge in [-0.05, 0) is 36.8 Å². The molecule has 1 aliphatic rings. The minimum Gasteiger partial charge on any atom is -0.468 e. The van der Waals surface area contributed by atoms with Crippen LogP contribution >= 0.6 is 0 Å². The quantitative estimate of drug-likeness (QED) is 0.676. The van der Waals surface area contributed by atoms with Gasteiger partial charge in [-0.2, -0.15) is 5.10 Å². The second-order valence-corrected chi connectivity index (χ2v) is 6.69. The topological polar surface area (TPSA) is 81.7 Å². The van der Waals surface area contributed by atoms with E-state index in [1.165, 1.54) is 0 Å². The summed E-state index contributed by atoms with van der Waals surface area (Å²) in [7, 11) is 0. The third-order valence-corrected chi connectivity index (χ3v) is 4.90. The monoisotopic (exact) mass is 356 g/mol. The number of aromatic nitrogens is 2. The lowest BCUT2D eigenvalue weighted by atomic mass is 10.1. The fourth-order valence-corrected chi connectivity index (χ4v) is 3.56. The van der Waals surface area contributed by atoms with Crippen molar-refractivity contribution in [3.05, 3.63) is 54.3 Å². The van der Waals surface area contributed by atoms with Gasteiger partial charge in [0.2, 0.25) is 0 Å². The lowest BCUT2D eigenvalue weighted by Crippen LogP contribution is -2.52. The summed E-state index contributed by atoms with van der Waals surface area (Å²) < 4.78 is 11.4. The Labute approximate surface area is 152 Å². The largest absolute Gasteiger partial charge is 0.468 e. The van der Waals surface area contributed by atoms with E-state index >= 15 is 0 Å². The molecule has 1 atom stereocenters. The van der Waals surface area contributed by atoms with E-state index < -0.39 is 0 Å². The van der Waals surface area contributed by atoms with Crippen molar-refractivity contribution in [1.29, 1.82) is 0 Å². The Morgan fingerprint density at radius 1 is 1.15 bits per heavy atom. The third kappa shape index (κ3) is 3.90. The van der Waals surface area contributed by atoms with Gasteiger partial charge >= 0.3 is 0 Å². The molecule has 0 spiro atoms. The average molecular weight is 356 g/mol. The van der Waals surface area contributed by atoms with Crippen molar-refractivity contribution in [2.75, 3.05) is 26.2 Å². The van der Waals surface area contributed by atoms with Gasteiger partial charge in [-0.1, -0.05) is 0 Å². The lowest BCUT2D eigenvalue weighted by Gasteiger charge is -2.40. The molecule has 0 aromatic carbocycles. The van der Waals surface area contributed by atoms with Crippen LogP contribution in [0.3, 0.4) is 0 Å². The molecule has 3 aromatic heterocycles. The summed E-state index contributed by atoms with van der Waals surface area (Å²) in [6, 6.07) is 10.1. The zero-order valence-electron chi connectivity index (χ0n) is 14.7. The van der Waals surface area contributed by atoms with Crippen molar-refractivity contribution in [1.82, 2.24) is 20.0 Å². The zero-order valence-corrected chi connectivity index (χ0v) is 14.7. The Hall–Kier alpha value is -2.35. The molecule has 1 aliphatic heterocycles. The molecule has 1 fully saturated rings. The van der Waals surface area contributed by atoms with Crippen molar-refractivity contribution in [3.63, 3.8) is 0 Å². The molecule has 0 saturated carbocycles. The summed E-state index contributed by atoms with van der Waals surface area (Å²) in [6.07, 6.45) is 4.19. The van der Waals surface area contributed by atoms with Gasteiger partial charge < -0.3 is 13.9 Å². The Morgan fingerprint density at radius 2 is 2.12 bits per heavy atom. The molecule has 7 nitrogen and oxygen atoms in total. The summed E-state index contributed by atoms with van der Waals surface area (Å²) >= 11 is 0. The van der Waals surface area contributed by atoms with Crippen LogP contribution in [-0.4, -0.2) is 57.4 Å². The Bertz CT molecular complexity index is 782.